The summed E-state index contributed by atoms with van der Waals surface area (Å²) in [4.78, 5) is 12.4. The largest absolute Gasteiger partial charge is 0.289 e. The lowest BCUT2D eigenvalue weighted by Gasteiger charge is -2.25. The lowest BCUT2D eigenvalue weighted by atomic mass is 9.80. The summed E-state index contributed by atoms with van der Waals surface area (Å²) in [5, 5.41) is 0.868. The highest BCUT2D eigenvalue weighted by Gasteiger charge is 2.19. The fourth-order valence-electron chi connectivity index (χ4n) is 2.45. The van der Waals surface area contributed by atoms with E-state index in [1.54, 1.807) is 18.2 Å². The molecule has 2 aromatic rings. The molecule has 3 rings (SSSR count). The normalized spacial score (nSPS) is 14.9. The van der Waals surface area contributed by atoms with Crippen molar-refractivity contribution in [2.75, 3.05) is 0 Å². The van der Waals surface area contributed by atoms with Crippen LogP contribution >= 0.6 is 23.2 Å². The van der Waals surface area contributed by atoms with Crippen molar-refractivity contribution in [1.82, 2.24) is 0 Å². The van der Waals surface area contributed by atoms with E-state index in [0.717, 1.165) is 0 Å². The molecule has 1 nitrogen and oxygen atoms in total. The lowest BCUT2D eigenvalue weighted by molar-refractivity contribution is 0.103. The Labute approximate surface area is 128 Å². The molecule has 0 amide bonds. The molecular formula is C17H14Cl2O. The molecule has 2 aromatic carbocycles. The average molecular weight is 305 g/mol. The monoisotopic (exact) mass is 304 g/mol. The van der Waals surface area contributed by atoms with Gasteiger partial charge in [0, 0.05) is 11.1 Å². The Morgan fingerprint density at radius 1 is 0.900 bits per heavy atom. The third kappa shape index (κ3) is 2.61. The van der Waals surface area contributed by atoms with Gasteiger partial charge in [-0.05, 0) is 42.5 Å². The van der Waals surface area contributed by atoms with Crippen LogP contribution in [0.15, 0.2) is 42.5 Å². The Bertz CT molecular complexity index is 643. The van der Waals surface area contributed by atoms with E-state index in [-0.39, 0.29) is 5.78 Å². The SMILES string of the molecule is O=C(c1ccc(C2CCC2)cc1)c1ccc(Cl)c(Cl)c1. The molecule has 0 aromatic heterocycles. The molecule has 1 saturated carbocycles. The highest BCUT2D eigenvalue weighted by Crippen LogP contribution is 2.36. The van der Waals surface area contributed by atoms with Gasteiger partial charge in [0.2, 0.25) is 0 Å². The third-order valence-electron chi connectivity index (χ3n) is 3.93. The minimum atomic E-state index is -0.0243. The number of carbonyl (C=O) groups is 1. The van der Waals surface area contributed by atoms with E-state index >= 15 is 0 Å². The Kier molecular flexibility index (Phi) is 3.82. The Balaban J connectivity index is 1.84. The van der Waals surface area contributed by atoms with Crippen LogP contribution in [0.25, 0.3) is 0 Å². The first-order chi connectivity index (χ1) is 9.65. The van der Waals surface area contributed by atoms with Gasteiger partial charge in [-0.15, -0.1) is 0 Å². The quantitative estimate of drug-likeness (QED) is 0.685. The summed E-state index contributed by atoms with van der Waals surface area (Å²) in [7, 11) is 0. The van der Waals surface area contributed by atoms with Gasteiger partial charge in [-0.25, -0.2) is 0 Å². The molecule has 0 N–H and O–H groups in total. The van der Waals surface area contributed by atoms with Crippen molar-refractivity contribution in [2.24, 2.45) is 0 Å². The second kappa shape index (κ2) is 5.59. The van der Waals surface area contributed by atoms with Crippen LogP contribution in [0.2, 0.25) is 10.0 Å². The average Bonchev–Trinajstić information content (AvgIpc) is 2.40. The molecule has 3 heteroatoms. The molecule has 1 fully saturated rings. The van der Waals surface area contributed by atoms with Crippen molar-refractivity contribution in [3.63, 3.8) is 0 Å². The molecule has 0 bridgehead atoms. The first kappa shape index (κ1) is 13.7. The van der Waals surface area contributed by atoms with Gasteiger partial charge in [0.1, 0.15) is 0 Å². The van der Waals surface area contributed by atoms with Crippen LogP contribution in [0, 0.1) is 0 Å². The summed E-state index contributed by atoms with van der Waals surface area (Å²) in [6.07, 6.45) is 3.84. The highest BCUT2D eigenvalue weighted by atomic mass is 35.5. The Hall–Kier alpha value is -1.31. The molecule has 1 aliphatic carbocycles. The minimum Gasteiger partial charge on any atom is -0.289 e. The fraction of sp³-hybridized carbons (Fsp3) is 0.235. The van der Waals surface area contributed by atoms with Gasteiger partial charge in [0.05, 0.1) is 10.0 Å². The number of ketones is 1. The number of carbonyl (C=O) groups excluding carboxylic acids is 1. The molecule has 0 radical (unpaired) electrons. The standard InChI is InChI=1S/C17H14Cl2O/c18-15-9-8-14(10-16(15)19)17(20)13-6-4-12(5-7-13)11-2-1-3-11/h4-11H,1-3H2. The van der Waals surface area contributed by atoms with E-state index < -0.39 is 0 Å². The van der Waals surface area contributed by atoms with Crippen molar-refractivity contribution in [3.8, 4) is 0 Å². The number of hydrogen-bond acceptors (Lipinski definition) is 1. The number of benzene rings is 2. The van der Waals surface area contributed by atoms with Gasteiger partial charge in [-0.3, -0.25) is 4.79 Å². The van der Waals surface area contributed by atoms with Crippen molar-refractivity contribution >= 4 is 29.0 Å². The number of halogens is 2. The molecule has 0 unspecified atom stereocenters. The van der Waals surface area contributed by atoms with E-state index in [1.165, 1.54) is 24.8 Å². The van der Waals surface area contributed by atoms with Crippen LogP contribution in [0.3, 0.4) is 0 Å². The van der Waals surface area contributed by atoms with Gasteiger partial charge >= 0.3 is 0 Å². The van der Waals surface area contributed by atoms with Crippen LogP contribution in [0.4, 0.5) is 0 Å². The van der Waals surface area contributed by atoms with Gasteiger partial charge in [0.25, 0.3) is 0 Å². The van der Waals surface area contributed by atoms with Crippen LogP contribution in [-0.4, -0.2) is 5.78 Å². The van der Waals surface area contributed by atoms with E-state index in [9.17, 15) is 4.79 Å². The van der Waals surface area contributed by atoms with E-state index in [4.69, 9.17) is 23.2 Å². The molecule has 102 valence electrons. The van der Waals surface area contributed by atoms with Gasteiger partial charge in [-0.2, -0.15) is 0 Å². The molecule has 0 spiro atoms. The van der Waals surface area contributed by atoms with Crippen LogP contribution in [-0.2, 0) is 0 Å². The Morgan fingerprint density at radius 3 is 2.10 bits per heavy atom. The summed E-state index contributed by atoms with van der Waals surface area (Å²) >= 11 is 11.8. The van der Waals surface area contributed by atoms with Crippen LogP contribution in [0.1, 0.15) is 46.7 Å². The van der Waals surface area contributed by atoms with Gasteiger partial charge < -0.3 is 0 Å². The molecule has 0 atom stereocenters. The van der Waals surface area contributed by atoms with Crippen molar-refractivity contribution in [1.29, 1.82) is 0 Å². The first-order valence-electron chi connectivity index (χ1n) is 6.75. The van der Waals surface area contributed by atoms with E-state index in [2.05, 4.69) is 12.1 Å². The Morgan fingerprint density at radius 2 is 1.55 bits per heavy atom. The number of rotatable bonds is 3. The zero-order valence-electron chi connectivity index (χ0n) is 10.9. The summed E-state index contributed by atoms with van der Waals surface area (Å²) in [5.41, 5.74) is 2.59. The molecule has 20 heavy (non-hydrogen) atoms. The zero-order valence-corrected chi connectivity index (χ0v) is 12.4. The predicted octanol–water partition coefficient (Wildman–Crippen LogP) is 5.49. The van der Waals surface area contributed by atoms with Crippen LogP contribution in [0.5, 0.6) is 0 Å². The summed E-state index contributed by atoms with van der Waals surface area (Å²) in [6.45, 7) is 0. The van der Waals surface area contributed by atoms with Crippen molar-refractivity contribution in [3.05, 3.63) is 69.2 Å². The van der Waals surface area contributed by atoms with Crippen LogP contribution < -0.4 is 0 Å². The van der Waals surface area contributed by atoms with E-state index in [0.29, 0.717) is 27.1 Å². The van der Waals surface area contributed by atoms with E-state index in [1.807, 2.05) is 12.1 Å². The predicted molar refractivity (Wildman–Crippen MR) is 82.9 cm³/mol. The number of hydrogen-bond donors (Lipinski definition) is 0. The third-order valence-corrected chi connectivity index (χ3v) is 4.67. The first-order valence-corrected chi connectivity index (χ1v) is 7.50. The summed E-state index contributed by atoms with van der Waals surface area (Å²) < 4.78 is 0. The molecule has 0 heterocycles. The van der Waals surface area contributed by atoms with Crippen molar-refractivity contribution < 1.29 is 4.79 Å². The minimum absolute atomic E-state index is 0.0243. The second-order valence-electron chi connectivity index (χ2n) is 5.21. The zero-order chi connectivity index (χ0) is 14.1. The molecule has 1 aliphatic rings. The maximum atomic E-state index is 12.4. The summed E-state index contributed by atoms with van der Waals surface area (Å²) in [5.74, 6) is 0.660. The van der Waals surface area contributed by atoms with Crippen molar-refractivity contribution in [2.45, 2.75) is 25.2 Å². The lowest BCUT2D eigenvalue weighted by Crippen LogP contribution is -2.09. The topological polar surface area (TPSA) is 17.1 Å². The highest BCUT2D eigenvalue weighted by molar-refractivity contribution is 6.42. The molecule has 0 saturated heterocycles. The smallest absolute Gasteiger partial charge is 0.193 e. The van der Waals surface area contributed by atoms with Gasteiger partial charge in [0.15, 0.2) is 5.78 Å². The summed E-state index contributed by atoms with van der Waals surface area (Å²) in [6, 6.07) is 12.9. The maximum absolute atomic E-state index is 12.4. The van der Waals surface area contributed by atoms with Gasteiger partial charge in [-0.1, -0.05) is 53.9 Å². The molecular weight excluding hydrogens is 291 g/mol. The fourth-order valence-corrected chi connectivity index (χ4v) is 2.75. The maximum Gasteiger partial charge on any atom is 0.193 e. The second-order valence-corrected chi connectivity index (χ2v) is 6.02. The molecule has 0 aliphatic heterocycles.